The molecule has 76 valence electrons. The highest BCUT2D eigenvalue weighted by molar-refractivity contribution is 5.82. The van der Waals surface area contributed by atoms with E-state index in [1.807, 2.05) is 0 Å². The molecule has 14 heavy (non-hydrogen) atoms. The normalized spacial score (nSPS) is 12.3. The predicted octanol–water partition coefficient (Wildman–Crippen LogP) is 1.26. The fraction of sp³-hybridized carbons (Fsp3) is 0.300. The van der Waals surface area contributed by atoms with Gasteiger partial charge in [-0.15, -0.1) is 0 Å². The Kier molecular flexibility index (Phi) is 3.19. The van der Waals surface area contributed by atoms with Gasteiger partial charge in [0.15, 0.2) is 0 Å². The maximum atomic E-state index is 12.6. The van der Waals surface area contributed by atoms with Gasteiger partial charge in [0, 0.05) is 7.05 Å². The molecule has 1 amide bonds. The van der Waals surface area contributed by atoms with Crippen molar-refractivity contribution in [1.29, 1.82) is 0 Å². The van der Waals surface area contributed by atoms with Crippen LogP contribution >= 0.6 is 0 Å². The molecule has 0 radical (unpaired) electrons. The molecule has 0 fully saturated rings. The molecule has 1 aromatic carbocycles. The summed E-state index contributed by atoms with van der Waals surface area (Å²) in [7, 11) is 1.49. The summed E-state index contributed by atoms with van der Waals surface area (Å²) >= 11 is 0. The monoisotopic (exact) mass is 196 g/mol. The number of benzene rings is 1. The Labute approximate surface area is 82.3 Å². The molecular formula is C10H13FN2O. The first kappa shape index (κ1) is 10.7. The SMILES string of the molecule is CC(C(=O)N(C)N)c1ccc(F)cc1. The zero-order valence-electron chi connectivity index (χ0n) is 8.20. The first-order valence-electron chi connectivity index (χ1n) is 4.30. The van der Waals surface area contributed by atoms with Gasteiger partial charge in [0.05, 0.1) is 5.92 Å². The fourth-order valence-electron chi connectivity index (χ4n) is 1.20. The number of carbonyl (C=O) groups is 1. The highest BCUT2D eigenvalue weighted by Crippen LogP contribution is 2.16. The second kappa shape index (κ2) is 4.19. The van der Waals surface area contributed by atoms with Crippen molar-refractivity contribution in [3.63, 3.8) is 0 Å². The Bertz CT molecular complexity index is 321. The second-order valence-corrected chi connectivity index (χ2v) is 3.22. The number of nitrogens with zero attached hydrogens (tertiary/aromatic N) is 1. The minimum atomic E-state index is -0.342. The van der Waals surface area contributed by atoms with E-state index in [-0.39, 0.29) is 17.6 Å². The highest BCUT2D eigenvalue weighted by atomic mass is 19.1. The van der Waals surface area contributed by atoms with Crippen LogP contribution in [0.25, 0.3) is 0 Å². The van der Waals surface area contributed by atoms with E-state index in [2.05, 4.69) is 0 Å². The third-order valence-corrected chi connectivity index (χ3v) is 2.09. The van der Waals surface area contributed by atoms with E-state index in [1.54, 1.807) is 19.1 Å². The Morgan fingerprint density at radius 1 is 1.43 bits per heavy atom. The molecular weight excluding hydrogens is 183 g/mol. The van der Waals surface area contributed by atoms with Gasteiger partial charge in [-0.1, -0.05) is 12.1 Å². The van der Waals surface area contributed by atoms with Gasteiger partial charge < -0.3 is 0 Å². The van der Waals surface area contributed by atoms with Crippen molar-refractivity contribution >= 4 is 5.91 Å². The van der Waals surface area contributed by atoms with Gasteiger partial charge in [0.2, 0.25) is 5.91 Å². The van der Waals surface area contributed by atoms with Crippen molar-refractivity contribution in [2.24, 2.45) is 5.84 Å². The van der Waals surface area contributed by atoms with Crippen LogP contribution in [0.3, 0.4) is 0 Å². The number of likely N-dealkylation sites (N-methyl/N-ethyl adjacent to an activating group) is 1. The molecule has 0 saturated heterocycles. The largest absolute Gasteiger partial charge is 0.283 e. The number of nitrogens with two attached hydrogens (primary N) is 1. The molecule has 0 spiro atoms. The van der Waals surface area contributed by atoms with E-state index in [0.29, 0.717) is 0 Å². The number of hydrogen-bond donors (Lipinski definition) is 1. The summed E-state index contributed by atoms with van der Waals surface area (Å²) in [5, 5.41) is 1.04. The molecule has 1 unspecified atom stereocenters. The van der Waals surface area contributed by atoms with Gasteiger partial charge in [0.1, 0.15) is 5.82 Å². The summed E-state index contributed by atoms with van der Waals surface area (Å²) in [6.45, 7) is 1.74. The highest BCUT2D eigenvalue weighted by Gasteiger charge is 2.16. The zero-order valence-corrected chi connectivity index (χ0v) is 8.20. The molecule has 3 nitrogen and oxygen atoms in total. The lowest BCUT2D eigenvalue weighted by molar-refractivity contribution is -0.131. The molecule has 0 aliphatic heterocycles. The third kappa shape index (κ3) is 2.29. The molecule has 1 atom stereocenters. The van der Waals surface area contributed by atoms with Crippen LogP contribution in [-0.2, 0) is 4.79 Å². The molecule has 1 aromatic rings. The van der Waals surface area contributed by atoms with Gasteiger partial charge in [-0.25, -0.2) is 10.2 Å². The third-order valence-electron chi connectivity index (χ3n) is 2.09. The van der Waals surface area contributed by atoms with Crippen LogP contribution in [0.2, 0.25) is 0 Å². The van der Waals surface area contributed by atoms with Crippen LogP contribution in [0.4, 0.5) is 4.39 Å². The van der Waals surface area contributed by atoms with Gasteiger partial charge in [-0.05, 0) is 24.6 Å². The van der Waals surface area contributed by atoms with Crippen molar-refractivity contribution < 1.29 is 9.18 Å². The molecule has 0 aliphatic rings. The Morgan fingerprint density at radius 3 is 2.36 bits per heavy atom. The second-order valence-electron chi connectivity index (χ2n) is 3.22. The van der Waals surface area contributed by atoms with Gasteiger partial charge >= 0.3 is 0 Å². The molecule has 0 aromatic heterocycles. The van der Waals surface area contributed by atoms with Crippen LogP contribution < -0.4 is 5.84 Å². The van der Waals surface area contributed by atoms with Crippen molar-refractivity contribution in [3.8, 4) is 0 Å². The van der Waals surface area contributed by atoms with Gasteiger partial charge in [-0.3, -0.25) is 9.80 Å². The Balaban J connectivity index is 2.84. The molecule has 0 bridgehead atoms. The van der Waals surface area contributed by atoms with Crippen LogP contribution in [0, 0.1) is 5.82 Å². The smallest absolute Gasteiger partial charge is 0.243 e. The first-order valence-corrected chi connectivity index (χ1v) is 4.30. The number of halogens is 1. The standard InChI is InChI=1S/C10H13FN2O/c1-7(10(14)13(2)12)8-3-5-9(11)6-4-8/h3-7H,12H2,1-2H3. The lowest BCUT2D eigenvalue weighted by atomic mass is 10.0. The summed E-state index contributed by atoms with van der Waals surface area (Å²) in [5.41, 5.74) is 0.758. The number of amides is 1. The van der Waals surface area contributed by atoms with Crippen molar-refractivity contribution in [2.75, 3.05) is 7.05 Å². The van der Waals surface area contributed by atoms with Crippen LogP contribution in [0.1, 0.15) is 18.4 Å². The maximum Gasteiger partial charge on any atom is 0.243 e. The zero-order chi connectivity index (χ0) is 10.7. The first-order chi connectivity index (χ1) is 6.52. The quantitative estimate of drug-likeness (QED) is 0.439. The fourth-order valence-corrected chi connectivity index (χ4v) is 1.20. The molecule has 0 heterocycles. The average molecular weight is 196 g/mol. The summed E-state index contributed by atoms with van der Waals surface area (Å²) in [5.74, 6) is 4.46. The topological polar surface area (TPSA) is 46.3 Å². The van der Waals surface area contributed by atoms with E-state index < -0.39 is 0 Å². The molecule has 1 rings (SSSR count). The minimum absolute atomic E-state index is 0.198. The van der Waals surface area contributed by atoms with Crippen LogP contribution in [0.5, 0.6) is 0 Å². The van der Waals surface area contributed by atoms with Crippen molar-refractivity contribution in [3.05, 3.63) is 35.6 Å². The van der Waals surface area contributed by atoms with Gasteiger partial charge in [-0.2, -0.15) is 0 Å². The van der Waals surface area contributed by atoms with E-state index in [9.17, 15) is 9.18 Å². The van der Waals surface area contributed by atoms with E-state index in [1.165, 1.54) is 19.2 Å². The van der Waals surface area contributed by atoms with E-state index in [0.717, 1.165) is 10.6 Å². The minimum Gasteiger partial charge on any atom is -0.283 e. The lowest BCUT2D eigenvalue weighted by Crippen LogP contribution is -2.36. The molecule has 2 N–H and O–H groups in total. The summed E-state index contributed by atoms with van der Waals surface area (Å²) in [4.78, 5) is 11.4. The average Bonchev–Trinajstić information content (AvgIpc) is 2.16. The molecule has 4 heteroatoms. The summed E-state index contributed by atoms with van der Waals surface area (Å²) < 4.78 is 12.6. The van der Waals surface area contributed by atoms with Crippen molar-refractivity contribution in [2.45, 2.75) is 12.8 Å². The number of rotatable bonds is 2. The number of hydrazine groups is 1. The number of carbonyl (C=O) groups excluding carboxylic acids is 1. The molecule has 0 aliphatic carbocycles. The predicted molar refractivity (Wildman–Crippen MR) is 51.8 cm³/mol. The molecule has 0 saturated carbocycles. The van der Waals surface area contributed by atoms with E-state index >= 15 is 0 Å². The van der Waals surface area contributed by atoms with Gasteiger partial charge in [0.25, 0.3) is 0 Å². The maximum absolute atomic E-state index is 12.6. The van der Waals surface area contributed by atoms with Crippen LogP contribution in [-0.4, -0.2) is 18.0 Å². The Morgan fingerprint density at radius 2 is 1.93 bits per heavy atom. The summed E-state index contributed by atoms with van der Waals surface area (Å²) in [6, 6.07) is 5.83. The number of hydrogen-bond acceptors (Lipinski definition) is 2. The van der Waals surface area contributed by atoms with Crippen LogP contribution in [0.15, 0.2) is 24.3 Å². The van der Waals surface area contributed by atoms with Crippen molar-refractivity contribution in [1.82, 2.24) is 5.01 Å². The Hall–Kier alpha value is -1.42. The van der Waals surface area contributed by atoms with E-state index in [4.69, 9.17) is 5.84 Å². The summed E-state index contributed by atoms with van der Waals surface area (Å²) in [6.07, 6.45) is 0. The lowest BCUT2D eigenvalue weighted by Gasteiger charge is -2.16.